The molecule has 1 aliphatic rings. The summed E-state index contributed by atoms with van der Waals surface area (Å²) in [6.07, 6.45) is 3.43. The van der Waals surface area contributed by atoms with Crippen LogP contribution in [0.3, 0.4) is 0 Å². The van der Waals surface area contributed by atoms with Crippen LogP contribution in [0.25, 0.3) is 11.0 Å². The first-order chi connectivity index (χ1) is 9.65. The number of piperidine rings is 1. The molecule has 2 N–H and O–H groups in total. The molecule has 3 rings (SSSR count). The van der Waals surface area contributed by atoms with Crippen LogP contribution in [0.5, 0.6) is 0 Å². The van der Waals surface area contributed by atoms with E-state index in [1.165, 1.54) is 6.42 Å². The number of imidazole rings is 1. The molecule has 0 aliphatic carbocycles. The van der Waals surface area contributed by atoms with Crippen LogP contribution in [-0.2, 0) is 11.3 Å². The lowest BCUT2D eigenvalue weighted by Gasteiger charge is -2.27. The van der Waals surface area contributed by atoms with Crippen molar-refractivity contribution in [2.75, 3.05) is 18.8 Å². The lowest BCUT2D eigenvalue weighted by Crippen LogP contribution is -2.37. The number of anilines is 1. The number of nitrogens with zero attached hydrogens (tertiary/aromatic N) is 3. The maximum atomic E-state index is 12.4. The number of aryl methyl sites for hydroxylation is 1. The first-order valence-electron chi connectivity index (χ1n) is 7.15. The minimum absolute atomic E-state index is 0.136. The molecule has 1 aromatic carbocycles. The number of nitrogen functional groups attached to an aromatic ring is 1. The van der Waals surface area contributed by atoms with Crippen LogP contribution in [-0.4, -0.2) is 33.4 Å². The second-order valence-electron chi connectivity index (χ2n) is 5.49. The number of hydrogen-bond donors (Lipinski definition) is 1. The van der Waals surface area contributed by atoms with Gasteiger partial charge in [-0.25, -0.2) is 4.98 Å². The van der Waals surface area contributed by atoms with Gasteiger partial charge in [0.25, 0.3) is 0 Å². The fraction of sp³-hybridized carbons (Fsp3) is 0.467. The summed E-state index contributed by atoms with van der Waals surface area (Å²) in [4.78, 5) is 18.6. The molecule has 1 aromatic heterocycles. The van der Waals surface area contributed by atoms with Crippen molar-refractivity contribution >= 4 is 22.9 Å². The molecule has 1 amide bonds. The minimum Gasteiger partial charge on any atom is -0.369 e. The van der Waals surface area contributed by atoms with Crippen molar-refractivity contribution < 1.29 is 4.79 Å². The van der Waals surface area contributed by atoms with Crippen LogP contribution in [0.4, 0.5) is 5.95 Å². The van der Waals surface area contributed by atoms with Gasteiger partial charge in [0.15, 0.2) is 0 Å². The Morgan fingerprint density at radius 1 is 1.30 bits per heavy atom. The second kappa shape index (κ2) is 5.15. The molecule has 2 heterocycles. The average Bonchev–Trinajstić information content (AvgIpc) is 2.76. The maximum Gasteiger partial charge on any atom is 0.242 e. The summed E-state index contributed by atoms with van der Waals surface area (Å²) in [6.45, 7) is 4.04. The van der Waals surface area contributed by atoms with E-state index in [4.69, 9.17) is 5.73 Å². The fourth-order valence-corrected chi connectivity index (χ4v) is 2.80. The largest absolute Gasteiger partial charge is 0.369 e. The van der Waals surface area contributed by atoms with Crippen molar-refractivity contribution in [3.8, 4) is 0 Å². The minimum atomic E-state index is 0.136. The number of rotatable bonds is 2. The Hall–Kier alpha value is -2.04. The molecule has 0 unspecified atom stereocenters. The summed E-state index contributed by atoms with van der Waals surface area (Å²) in [5, 5.41) is 0. The Labute approximate surface area is 118 Å². The smallest absolute Gasteiger partial charge is 0.242 e. The lowest BCUT2D eigenvalue weighted by molar-refractivity contribution is -0.132. The van der Waals surface area contributed by atoms with E-state index in [2.05, 4.69) is 4.98 Å². The first kappa shape index (κ1) is 13.0. The van der Waals surface area contributed by atoms with Crippen LogP contribution in [0, 0.1) is 6.92 Å². The number of nitrogens with two attached hydrogens (primary N) is 1. The summed E-state index contributed by atoms with van der Waals surface area (Å²) < 4.78 is 1.82. The Morgan fingerprint density at radius 2 is 2.05 bits per heavy atom. The third-order valence-electron chi connectivity index (χ3n) is 3.94. The fourth-order valence-electron chi connectivity index (χ4n) is 2.80. The third kappa shape index (κ3) is 2.35. The SMILES string of the molecule is Cc1ccc2nc(N)n(CC(=O)N3CCCCC3)c2c1. The van der Waals surface area contributed by atoms with Crippen molar-refractivity contribution in [2.45, 2.75) is 32.7 Å². The van der Waals surface area contributed by atoms with Crippen molar-refractivity contribution in [1.29, 1.82) is 0 Å². The Bertz CT molecular complexity index is 641. The molecule has 1 fully saturated rings. The second-order valence-corrected chi connectivity index (χ2v) is 5.49. The van der Waals surface area contributed by atoms with Gasteiger partial charge in [-0.1, -0.05) is 6.07 Å². The highest BCUT2D eigenvalue weighted by Crippen LogP contribution is 2.20. The molecule has 0 saturated carbocycles. The van der Waals surface area contributed by atoms with Gasteiger partial charge < -0.3 is 15.2 Å². The number of amides is 1. The zero-order chi connectivity index (χ0) is 14.1. The normalized spacial score (nSPS) is 15.8. The molecular formula is C15H20N4O. The zero-order valence-corrected chi connectivity index (χ0v) is 11.8. The predicted octanol–water partition coefficient (Wildman–Crippen LogP) is 1.94. The van der Waals surface area contributed by atoms with Crippen molar-refractivity contribution in [3.63, 3.8) is 0 Å². The van der Waals surface area contributed by atoms with E-state index in [0.29, 0.717) is 5.95 Å². The van der Waals surface area contributed by atoms with Gasteiger partial charge in [0.2, 0.25) is 11.9 Å². The van der Waals surface area contributed by atoms with E-state index in [9.17, 15) is 4.79 Å². The highest BCUT2D eigenvalue weighted by atomic mass is 16.2. The van der Waals surface area contributed by atoms with Gasteiger partial charge in [0.1, 0.15) is 6.54 Å². The van der Waals surface area contributed by atoms with Gasteiger partial charge in [-0.05, 0) is 43.9 Å². The number of fused-ring (bicyclic) bond motifs is 1. The number of carbonyl (C=O) groups is 1. The quantitative estimate of drug-likeness (QED) is 0.908. The van der Waals surface area contributed by atoms with Crippen LogP contribution in [0.15, 0.2) is 18.2 Å². The Balaban J connectivity index is 1.88. The van der Waals surface area contributed by atoms with Crippen molar-refractivity contribution in [2.24, 2.45) is 0 Å². The predicted molar refractivity (Wildman–Crippen MR) is 79.3 cm³/mol. The summed E-state index contributed by atoms with van der Waals surface area (Å²) in [7, 11) is 0. The van der Waals surface area contributed by atoms with Gasteiger partial charge in [0.05, 0.1) is 11.0 Å². The molecule has 5 heteroatoms. The number of hydrogen-bond acceptors (Lipinski definition) is 3. The standard InChI is InChI=1S/C15H20N4O/c1-11-5-6-12-13(9-11)19(15(16)17-12)10-14(20)18-7-3-2-4-8-18/h5-6,9H,2-4,7-8,10H2,1H3,(H2,16,17). The first-order valence-corrected chi connectivity index (χ1v) is 7.15. The van der Waals surface area contributed by atoms with E-state index in [1.807, 2.05) is 34.6 Å². The summed E-state index contributed by atoms with van der Waals surface area (Å²) in [5.74, 6) is 0.549. The Kier molecular flexibility index (Phi) is 3.34. The third-order valence-corrected chi connectivity index (χ3v) is 3.94. The van der Waals surface area contributed by atoms with Crippen LogP contribution >= 0.6 is 0 Å². The Morgan fingerprint density at radius 3 is 2.80 bits per heavy atom. The molecular weight excluding hydrogens is 252 g/mol. The molecule has 0 radical (unpaired) electrons. The monoisotopic (exact) mass is 272 g/mol. The summed E-state index contributed by atoms with van der Waals surface area (Å²) in [6, 6.07) is 5.98. The average molecular weight is 272 g/mol. The lowest BCUT2D eigenvalue weighted by atomic mass is 10.1. The number of aromatic nitrogens is 2. The molecule has 106 valence electrons. The number of carbonyl (C=O) groups excluding carboxylic acids is 1. The number of benzene rings is 1. The van der Waals surface area contributed by atoms with E-state index >= 15 is 0 Å². The van der Waals surface area contributed by atoms with Crippen molar-refractivity contribution in [1.82, 2.24) is 14.5 Å². The van der Waals surface area contributed by atoms with Crippen LogP contribution in [0.2, 0.25) is 0 Å². The molecule has 1 saturated heterocycles. The van der Waals surface area contributed by atoms with E-state index in [-0.39, 0.29) is 12.5 Å². The van der Waals surface area contributed by atoms with Gasteiger partial charge in [-0.3, -0.25) is 4.79 Å². The topological polar surface area (TPSA) is 64.1 Å². The van der Waals surface area contributed by atoms with Gasteiger partial charge in [0, 0.05) is 13.1 Å². The molecule has 0 spiro atoms. The van der Waals surface area contributed by atoms with E-state index < -0.39 is 0 Å². The molecule has 0 bridgehead atoms. The summed E-state index contributed by atoms with van der Waals surface area (Å²) >= 11 is 0. The van der Waals surface area contributed by atoms with E-state index in [0.717, 1.165) is 42.5 Å². The molecule has 1 aliphatic heterocycles. The maximum absolute atomic E-state index is 12.4. The van der Waals surface area contributed by atoms with Crippen molar-refractivity contribution in [3.05, 3.63) is 23.8 Å². The molecule has 5 nitrogen and oxygen atoms in total. The number of likely N-dealkylation sites (tertiary alicyclic amines) is 1. The molecule has 2 aromatic rings. The molecule has 0 atom stereocenters. The summed E-state index contributed by atoms with van der Waals surface area (Å²) in [5.41, 5.74) is 8.89. The van der Waals surface area contributed by atoms with E-state index in [1.54, 1.807) is 0 Å². The van der Waals surface area contributed by atoms with Gasteiger partial charge in [-0.2, -0.15) is 0 Å². The van der Waals surface area contributed by atoms with Gasteiger partial charge in [-0.15, -0.1) is 0 Å². The zero-order valence-electron chi connectivity index (χ0n) is 11.8. The highest BCUT2D eigenvalue weighted by molar-refractivity contribution is 5.83. The van der Waals surface area contributed by atoms with Gasteiger partial charge >= 0.3 is 0 Å². The molecule has 20 heavy (non-hydrogen) atoms. The highest BCUT2D eigenvalue weighted by Gasteiger charge is 2.19. The van der Waals surface area contributed by atoms with Crippen LogP contribution in [0.1, 0.15) is 24.8 Å². The van der Waals surface area contributed by atoms with Crippen LogP contribution < -0.4 is 5.73 Å².